The number of phenols is 1. The molecule has 9 heteroatoms. The van der Waals surface area contributed by atoms with Gasteiger partial charge in [0.1, 0.15) is 22.8 Å². The van der Waals surface area contributed by atoms with Gasteiger partial charge < -0.3 is 25.2 Å². The van der Waals surface area contributed by atoms with Crippen molar-refractivity contribution in [2.45, 2.75) is 93.6 Å². The number of hydrogen-bond donors (Lipinski definition) is 4. The van der Waals surface area contributed by atoms with Crippen LogP contribution in [0.15, 0.2) is 23.0 Å². The van der Waals surface area contributed by atoms with E-state index in [9.17, 15) is 39.6 Å². The van der Waals surface area contributed by atoms with E-state index in [1.54, 1.807) is 33.8 Å². The number of aromatic hydroxyl groups is 1. The first-order chi connectivity index (χ1) is 19.7. The molecule has 43 heavy (non-hydrogen) atoms. The van der Waals surface area contributed by atoms with Gasteiger partial charge in [0.05, 0.1) is 18.6 Å². The summed E-state index contributed by atoms with van der Waals surface area (Å²) in [5, 5.41) is 46.7. The number of aliphatic hydroxyl groups excluding tert-OH is 2. The zero-order valence-corrected chi connectivity index (χ0v) is 26.6. The minimum atomic E-state index is -2.67. The van der Waals surface area contributed by atoms with Crippen molar-refractivity contribution in [3.63, 3.8) is 0 Å². The number of Topliss-reactive ketones (excluding diaryl/α,β-unsaturated/α-hetero) is 3. The Balaban J connectivity index is 1.95. The summed E-state index contributed by atoms with van der Waals surface area (Å²) in [7, 11) is 0. The normalized spacial score (nSPS) is 29.0. The van der Waals surface area contributed by atoms with Gasteiger partial charge in [0, 0.05) is 27.9 Å². The maximum Gasteiger partial charge on any atom is 0.310 e. The third kappa shape index (κ3) is 4.71. The molecule has 0 aliphatic heterocycles. The zero-order valence-electron chi connectivity index (χ0n) is 26.6. The summed E-state index contributed by atoms with van der Waals surface area (Å²) in [6, 6.07) is 1.71. The summed E-state index contributed by atoms with van der Waals surface area (Å²) in [6.45, 7) is 15.8. The lowest BCUT2D eigenvalue weighted by atomic mass is 9.43. The van der Waals surface area contributed by atoms with Gasteiger partial charge in [-0.15, -0.1) is 0 Å². The van der Waals surface area contributed by atoms with Crippen LogP contribution in [0.5, 0.6) is 5.75 Å². The Labute approximate surface area is 252 Å². The largest absolute Gasteiger partial charge is 0.508 e. The third-order valence-corrected chi connectivity index (χ3v) is 9.56. The molecule has 0 radical (unpaired) electrons. The van der Waals surface area contributed by atoms with Crippen LogP contribution in [0.3, 0.4) is 0 Å². The summed E-state index contributed by atoms with van der Waals surface area (Å²) in [5.74, 6) is -6.27. The van der Waals surface area contributed by atoms with Crippen LogP contribution in [0, 0.1) is 28.1 Å². The molecule has 1 saturated carbocycles. The highest BCUT2D eigenvalue weighted by Gasteiger charge is 2.72. The molecule has 0 saturated heterocycles. The van der Waals surface area contributed by atoms with Crippen molar-refractivity contribution in [2.75, 3.05) is 6.61 Å². The minimum absolute atomic E-state index is 0.00597. The number of benzene rings is 1. The van der Waals surface area contributed by atoms with Crippen LogP contribution < -0.4 is 0 Å². The minimum Gasteiger partial charge on any atom is -0.508 e. The summed E-state index contributed by atoms with van der Waals surface area (Å²) < 4.78 is 5.39. The van der Waals surface area contributed by atoms with E-state index in [0.717, 1.165) is 12.5 Å². The van der Waals surface area contributed by atoms with Crippen molar-refractivity contribution in [2.24, 2.45) is 28.1 Å². The molecule has 1 unspecified atom stereocenters. The third-order valence-electron chi connectivity index (χ3n) is 9.56. The quantitative estimate of drug-likeness (QED) is 0.265. The highest BCUT2D eigenvalue weighted by molar-refractivity contribution is 6.24. The van der Waals surface area contributed by atoms with Crippen molar-refractivity contribution in [1.82, 2.24) is 0 Å². The van der Waals surface area contributed by atoms with E-state index in [-0.39, 0.29) is 53.7 Å². The average Bonchev–Trinajstić information content (AvgIpc) is 2.85. The SMILES string of the molecule is CCc1cc(CC(=O)OCC(C)(C)C)c(O)c2c1C[C@]1(C)C[C@]3(C)C(C(C)C)C(=O)C(C(C)=O)=C(O)[C@]3(O)C(=O)C1=C2O. The van der Waals surface area contributed by atoms with E-state index in [2.05, 4.69) is 0 Å². The summed E-state index contributed by atoms with van der Waals surface area (Å²) in [4.78, 5) is 53.3. The van der Waals surface area contributed by atoms with E-state index >= 15 is 0 Å². The first kappa shape index (κ1) is 32.5. The molecule has 0 spiro atoms. The zero-order chi connectivity index (χ0) is 32.6. The van der Waals surface area contributed by atoms with Crippen molar-refractivity contribution in [3.05, 3.63) is 45.2 Å². The Morgan fingerprint density at radius 1 is 1.09 bits per heavy atom. The van der Waals surface area contributed by atoms with E-state index in [1.807, 2.05) is 27.7 Å². The number of aliphatic hydroxyl groups is 3. The maximum atomic E-state index is 14.5. The first-order valence-corrected chi connectivity index (χ1v) is 14.9. The fourth-order valence-electron chi connectivity index (χ4n) is 7.88. The molecule has 1 aromatic carbocycles. The van der Waals surface area contributed by atoms with E-state index in [4.69, 9.17) is 4.74 Å². The number of ketones is 3. The van der Waals surface area contributed by atoms with Gasteiger partial charge in [0.25, 0.3) is 0 Å². The van der Waals surface area contributed by atoms with Crippen molar-refractivity contribution in [1.29, 1.82) is 0 Å². The number of carbonyl (C=O) groups is 4. The molecular weight excluding hydrogens is 552 g/mol. The van der Waals surface area contributed by atoms with E-state index in [1.165, 1.54) is 0 Å². The fraction of sp³-hybridized carbons (Fsp3) is 0.588. The van der Waals surface area contributed by atoms with Gasteiger partial charge >= 0.3 is 5.97 Å². The van der Waals surface area contributed by atoms with Crippen LogP contribution in [0.4, 0.5) is 0 Å². The Hall–Kier alpha value is -3.46. The Kier molecular flexibility index (Phi) is 7.79. The smallest absolute Gasteiger partial charge is 0.310 e. The second-order valence-corrected chi connectivity index (χ2v) is 14.6. The number of esters is 1. The Bertz CT molecular complexity index is 1500. The van der Waals surface area contributed by atoms with Gasteiger partial charge in [0.2, 0.25) is 5.78 Å². The number of aryl methyl sites for hydroxylation is 1. The summed E-state index contributed by atoms with van der Waals surface area (Å²) in [6.07, 6.45) is 0.449. The lowest BCUT2D eigenvalue weighted by Gasteiger charge is -2.59. The van der Waals surface area contributed by atoms with Crippen LogP contribution in [-0.4, -0.2) is 56.0 Å². The highest BCUT2D eigenvalue weighted by atomic mass is 16.5. The topological polar surface area (TPSA) is 158 Å². The molecular formula is C34H44O9. The molecule has 1 fully saturated rings. The average molecular weight is 597 g/mol. The van der Waals surface area contributed by atoms with Gasteiger partial charge in [-0.2, -0.15) is 0 Å². The van der Waals surface area contributed by atoms with Crippen LogP contribution in [0.1, 0.15) is 91.0 Å². The molecule has 0 bridgehead atoms. The Morgan fingerprint density at radius 3 is 2.21 bits per heavy atom. The number of ether oxygens (including phenoxy) is 1. The van der Waals surface area contributed by atoms with Crippen LogP contribution >= 0.6 is 0 Å². The highest BCUT2D eigenvalue weighted by Crippen LogP contribution is 2.65. The monoisotopic (exact) mass is 596 g/mol. The van der Waals surface area contributed by atoms with Crippen molar-refractivity contribution >= 4 is 29.1 Å². The molecule has 9 nitrogen and oxygen atoms in total. The molecule has 0 amide bonds. The van der Waals surface area contributed by atoms with Gasteiger partial charge in [0.15, 0.2) is 17.2 Å². The predicted octanol–water partition coefficient (Wildman–Crippen LogP) is 4.88. The van der Waals surface area contributed by atoms with Gasteiger partial charge in [-0.1, -0.05) is 61.5 Å². The van der Waals surface area contributed by atoms with Gasteiger partial charge in [-0.05, 0) is 48.6 Å². The maximum absolute atomic E-state index is 14.5. The van der Waals surface area contributed by atoms with Crippen LogP contribution in [0.25, 0.3) is 5.76 Å². The molecule has 1 aromatic rings. The summed E-state index contributed by atoms with van der Waals surface area (Å²) >= 11 is 0. The molecule has 4 N–H and O–H groups in total. The molecule has 0 aromatic heterocycles. The van der Waals surface area contributed by atoms with Crippen molar-refractivity contribution < 1.29 is 44.3 Å². The number of allylic oxidation sites excluding steroid dienone is 1. The molecule has 4 atom stereocenters. The second kappa shape index (κ2) is 10.3. The van der Waals surface area contributed by atoms with Gasteiger partial charge in [-0.25, -0.2) is 0 Å². The van der Waals surface area contributed by atoms with Crippen LogP contribution in [0.2, 0.25) is 0 Å². The number of fused-ring (bicyclic) bond motifs is 3. The van der Waals surface area contributed by atoms with E-state index < -0.39 is 68.7 Å². The molecule has 0 heterocycles. The number of rotatable bonds is 6. The molecule has 4 rings (SSSR count). The molecule has 234 valence electrons. The molecule has 3 aliphatic carbocycles. The lowest BCUT2D eigenvalue weighted by molar-refractivity contribution is -0.178. The number of hydrogen-bond acceptors (Lipinski definition) is 9. The summed E-state index contributed by atoms with van der Waals surface area (Å²) in [5.41, 5.74) is -4.77. The second-order valence-electron chi connectivity index (χ2n) is 14.6. The Morgan fingerprint density at radius 2 is 1.70 bits per heavy atom. The first-order valence-electron chi connectivity index (χ1n) is 14.9. The van der Waals surface area contributed by atoms with Gasteiger partial charge in [-0.3, -0.25) is 19.2 Å². The molecule has 3 aliphatic rings. The van der Waals surface area contributed by atoms with Crippen LogP contribution in [-0.2, 0) is 43.2 Å². The number of carbonyl (C=O) groups excluding carboxylic acids is 4. The standard InChI is InChI=1S/C34H44O9/c1-10-18-11-19(12-21(36)43-15-31(5,6)7)26(37)23-20(18)13-32(8)14-33(9)24(16(2)3)27(38)22(17(4)35)29(40)34(33,42)30(41)25(32)28(23)39/h11,16,24,37,39-40,42H,10,12-15H2,1-9H3/t24?,32-,33-,34+/m1/s1. The lowest BCUT2D eigenvalue weighted by Crippen LogP contribution is -2.69. The fourth-order valence-corrected chi connectivity index (χ4v) is 7.88. The van der Waals surface area contributed by atoms with E-state index in [0.29, 0.717) is 12.0 Å². The predicted molar refractivity (Wildman–Crippen MR) is 159 cm³/mol. The number of phenolic OH excluding ortho intramolecular Hbond substituents is 1. The van der Waals surface area contributed by atoms with Crippen molar-refractivity contribution in [3.8, 4) is 5.75 Å².